The molecule has 1 aliphatic rings. The molecule has 0 saturated carbocycles. The average molecular weight is 275 g/mol. The third-order valence-electron chi connectivity index (χ3n) is 3.06. The summed E-state index contributed by atoms with van der Waals surface area (Å²) in [6.45, 7) is 2.69. The van der Waals surface area contributed by atoms with Gasteiger partial charge in [0.05, 0.1) is 13.1 Å². The number of carbonyl (C=O) groups excluding carboxylic acids is 3. The van der Waals surface area contributed by atoms with E-state index in [2.05, 4.69) is 10.6 Å². The minimum Gasteiger partial charge on any atom is -0.352 e. The average Bonchev–Trinajstić information content (AvgIpc) is 2.77. The number of rotatable bonds is 5. The maximum absolute atomic E-state index is 12.0. The first-order chi connectivity index (χ1) is 9.63. The first-order valence-corrected chi connectivity index (χ1v) is 6.57. The highest BCUT2D eigenvalue weighted by molar-refractivity contribution is 6.02. The Morgan fingerprint density at radius 3 is 2.75 bits per heavy atom. The molecule has 1 fully saturated rings. The van der Waals surface area contributed by atoms with Crippen molar-refractivity contribution in [2.75, 3.05) is 13.1 Å². The Morgan fingerprint density at radius 2 is 2.10 bits per heavy atom. The summed E-state index contributed by atoms with van der Waals surface area (Å²) in [4.78, 5) is 36.3. The minimum absolute atomic E-state index is 0.0169. The van der Waals surface area contributed by atoms with Gasteiger partial charge in [0.15, 0.2) is 0 Å². The highest BCUT2D eigenvalue weighted by Crippen LogP contribution is 2.14. The molecule has 2 N–H and O–H groups in total. The number of urea groups is 1. The standard InChI is InChI=1S/C14H17N3O3/c1-2-7-15-13(19)11-6-4-3-5-10(11)9-17-12(18)8-16-14(17)20/h3-6H,2,7-9H2,1H3,(H,15,19)(H,16,20). The fraction of sp³-hybridized carbons (Fsp3) is 0.357. The molecule has 0 atom stereocenters. The molecular formula is C14H17N3O3. The molecule has 6 heteroatoms. The summed E-state index contributed by atoms with van der Waals surface area (Å²) in [5, 5.41) is 5.25. The first kappa shape index (κ1) is 14.0. The van der Waals surface area contributed by atoms with E-state index in [4.69, 9.17) is 0 Å². The predicted molar refractivity (Wildman–Crippen MR) is 73.0 cm³/mol. The van der Waals surface area contributed by atoms with E-state index < -0.39 is 6.03 Å². The van der Waals surface area contributed by atoms with Crippen LogP contribution in [0.25, 0.3) is 0 Å². The van der Waals surface area contributed by atoms with Gasteiger partial charge in [0.2, 0.25) is 5.91 Å². The van der Waals surface area contributed by atoms with Gasteiger partial charge in [-0.3, -0.25) is 14.5 Å². The summed E-state index contributed by atoms with van der Waals surface area (Å²) in [6, 6.07) is 6.57. The van der Waals surface area contributed by atoms with Crippen LogP contribution in [0.5, 0.6) is 0 Å². The Balaban J connectivity index is 2.17. The third kappa shape index (κ3) is 2.96. The summed E-state index contributed by atoms with van der Waals surface area (Å²) in [5.74, 6) is -0.465. The summed E-state index contributed by atoms with van der Waals surface area (Å²) < 4.78 is 0. The van der Waals surface area contributed by atoms with Gasteiger partial charge in [-0.25, -0.2) is 4.79 Å². The molecule has 2 rings (SSSR count). The second kappa shape index (κ2) is 6.18. The zero-order valence-electron chi connectivity index (χ0n) is 11.3. The van der Waals surface area contributed by atoms with Crippen LogP contribution in [-0.2, 0) is 11.3 Å². The lowest BCUT2D eigenvalue weighted by Gasteiger charge is -2.15. The van der Waals surface area contributed by atoms with Crippen LogP contribution in [0.4, 0.5) is 4.79 Å². The van der Waals surface area contributed by atoms with Crippen molar-refractivity contribution in [1.29, 1.82) is 0 Å². The molecule has 1 aromatic rings. The van der Waals surface area contributed by atoms with Crippen molar-refractivity contribution < 1.29 is 14.4 Å². The van der Waals surface area contributed by atoms with Crippen LogP contribution >= 0.6 is 0 Å². The number of imide groups is 1. The van der Waals surface area contributed by atoms with E-state index in [1.807, 2.05) is 6.92 Å². The zero-order valence-corrected chi connectivity index (χ0v) is 11.3. The number of amides is 4. The number of nitrogens with one attached hydrogen (secondary N) is 2. The Hall–Kier alpha value is -2.37. The lowest BCUT2D eigenvalue weighted by atomic mass is 10.1. The molecule has 0 aliphatic carbocycles. The number of benzene rings is 1. The molecule has 1 saturated heterocycles. The summed E-state index contributed by atoms with van der Waals surface area (Å²) in [6.07, 6.45) is 0.848. The van der Waals surface area contributed by atoms with E-state index in [1.54, 1.807) is 24.3 Å². The summed E-state index contributed by atoms with van der Waals surface area (Å²) in [5.41, 5.74) is 1.15. The van der Waals surface area contributed by atoms with Gasteiger partial charge in [0, 0.05) is 12.1 Å². The Bertz CT molecular complexity index is 526. The first-order valence-electron chi connectivity index (χ1n) is 6.57. The minimum atomic E-state index is -0.418. The molecule has 106 valence electrons. The van der Waals surface area contributed by atoms with Gasteiger partial charge in [0.1, 0.15) is 0 Å². The van der Waals surface area contributed by atoms with Crippen LogP contribution in [0.1, 0.15) is 29.3 Å². The molecule has 20 heavy (non-hydrogen) atoms. The molecule has 4 amide bonds. The van der Waals surface area contributed by atoms with Crippen molar-refractivity contribution >= 4 is 17.8 Å². The van der Waals surface area contributed by atoms with Crippen molar-refractivity contribution in [2.24, 2.45) is 0 Å². The molecule has 0 aromatic heterocycles. The molecule has 1 aliphatic heterocycles. The van der Waals surface area contributed by atoms with E-state index in [0.717, 1.165) is 11.3 Å². The Labute approximate surface area is 117 Å². The largest absolute Gasteiger partial charge is 0.352 e. The monoisotopic (exact) mass is 275 g/mol. The van der Waals surface area contributed by atoms with Gasteiger partial charge < -0.3 is 10.6 Å². The normalized spacial score (nSPS) is 14.3. The van der Waals surface area contributed by atoms with Gasteiger partial charge >= 0.3 is 6.03 Å². The lowest BCUT2D eigenvalue weighted by Crippen LogP contribution is -2.32. The van der Waals surface area contributed by atoms with Gasteiger partial charge in [-0.2, -0.15) is 0 Å². The van der Waals surface area contributed by atoms with Gasteiger partial charge in [0.25, 0.3) is 5.91 Å². The van der Waals surface area contributed by atoms with Gasteiger partial charge in [-0.15, -0.1) is 0 Å². The molecule has 1 aromatic carbocycles. The highest BCUT2D eigenvalue weighted by Gasteiger charge is 2.29. The molecule has 0 spiro atoms. The smallest absolute Gasteiger partial charge is 0.324 e. The van der Waals surface area contributed by atoms with Crippen molar-refractivity contribution in [2.45, 2.75) is 19.9 Å². The van der Waals surface area contributed by atoms with Crippen molar-refractivity contribution in [3.05, 3.63) is 35.4 Å². The van der Waals surface area contributed by atoms with Gasteiger partial charge in [-0.05, 0) is 18.1 Å². The summed E-state index contributed by atoms with van der Waals surface area (Å²) in [7, 11) is 0. The third-order valence-corrected chi connectivity index (χ3v) is 3.06. The lowest BCUT2D eigenvalue weighted by molar-refractivity contribution is -0.125. The van der Waals surface area contributed by atoms with Crippen LogP contribution in [0.15, 0.2) is 24.3 Å². The highest BCUT2D eigenvalue weighted by atomic mass is 16.2. The Kier molecular flexibility index (Phi) is 4.34. The second-order valence-corrected chi connectivity index (χ2v) is 4.55. The van der Waals surface area contributed by atoms with Crippen LogP contribution < -0.4 is 10.6 Å². The van der Waals surface area contributed by atoms with Gasteiger partial charge in [-0.1, -0.05) is 25.1 Å². The topological polar surface area (TPSA) is 78.5 Å². The second-order valence-electron chi connectivity index (χ2n) is 4.55. The van der Waals surface area contributed by atoms with Crippen molar-refractivity contribution in [1.82, 2.24) is 15.5 Å². The molecule has 0 unspecified atom stereocenters. The fourth-order valence-electron chi connectivity index (χ4n) is 2.00. The quantitative estimate of drug-likeness (QED) is 0.783. The predicted octanol–water partition coefficient (Wildman–Crippen LogP) is 0.878. The fourth-order valence-corrected chi connectivity index (χ4v) is 2.00. The van der Waals surface area contributed by atoms with Crippen LogP contribution in [0.3, 0.4) is 0 Å². The van der Waals surface area contributed by atoms with E-state index >= 15 is 0 Å². The Morgan fingerprint density at radius 1 is 1.35 bits per heavy atom. The van der Waals surface area contributed by atoms with Crippen LogP contribution in [-0.4, -0.2) is 35.8 Å². The van der Waals surface area contributed by atoms with E-state index in [9.17, 15) is 14.4 Å². The molecule has 0 bridgehead atoms. The maximum atomic E-state index is 12.0. The number of hydrogen-bond acceptors (Lipinski definition) is 3. The molecule has 1 heterocycles. The molecular weight excluding hydrogens is 258 g/mol. The van der Waals surface area contributed by atoms with E-state index in [0.29, 0.717) is 17.7 Å². The SMILES string of the molecule is CCCNC(=O)c1ccccc1CN1C(=O)CNC1=O. The van der Waals surface area contributed by atoms with Crippen LogP contribution in [0.2, 0.25) is 0 Å². The number of nitrogens with zero attached hydrogens (tertiary/aromatic N) is 1. The zero-order chi connectivity index (χ0) is 14.5. The maximum Gasteiger partial charge on any atom is 0.324 e. The summed E-state index contributed by atoms with van der Waals surface area (Å²) >= 11 is 0. The molecule has 0 radical (unpaired) electrons. The van der Waals surface area contributed by atoms with Crippen molar-refractivity contribution in [3.8, 4) is 0 Å². The van der Waals surface area contributed by atoms with E-state index in [1.165, 1.54) is 0 Å². The van der Waals surface area contributed by atoms with Crippen LogP contribution in [0, 0.1) is 0 Å². The van der Waals surface area contributed by atoms with Crippen molar-refractivity contribution in [3.63, 3.8) is 0 Å². The number of carbonyl (C=O) groups is 3. The van der Waals surface area contributed by atoms with E-state index in [-0.39, 0.29) is 24.9 Å². The molecule has 6 nitrogen and oxygen atoms in total. The number of hydrogen-bond donors (Lipinski definition) is 2.